The van der Waals surface area contributed by atoms with Crippen LogP contribution in [-0.4, -0.2) is 23.4 Å². The molecule has 0 aromatic heterocycles. The maximum Gasteiger partial charge on any atom is 0.252 e. The molecule has 0 aliphatic carbocycles. The highest BCUT2D eigenvalue weighted by Gasteiger charge is 2.44. The molecule has 2 amide bonds. The molecular formula is C14H17FN2O2. The number of hydrogen-bond acceptors (Lipinski definition) is 2. The van der Waals surface area contributed by atoms with Crippen LogP contribution < -0.4 is 10.2 Å². The van der Waals surface area contributed by atoms with E-state index >= 15 is 0 Å². The molecule has 1 aromatic rings. The third-order valence-corrected chi connectivity index (χ3v) is 3.26. The third-order valence-electron chi connectivity index (χ3n) is 3.26. The number of hydrogen-bond donors (Lipinski definition) is 1. The van der Waals surface area contributed by atoms with E-state index in [-0.39, 0.29) is 11.8 Å². The molecular weight excluding hydrogens is 247 g/mol. The summed E-state index contributed by atoms with van der Waals surface area (Å²) < 4.78 is 13.5. The van der Waals surface area contributed by atoms with Gasteiger partial charge in [-0.2, -0.15) is 0 Å². The van der Waals surface area contributed by atoms with Crippen molar-refractivity contribution in [2.45, 2.75) is 39.3 Å². The minimum atomic E-state index is -0.982. The normalized spacial score (nSPS) is 22.4. The fraction of sp³-hybridized carbons (Fsp3) is 0.429. The molecule has 1 heterocycles. The summed E-state index contributed by atoms with van der Waals surface area (Å²) in [6.45, 7) is 6.65. The highest BCUT2D eigenvalue weighted by molar-refractivity contribution is 6.10. The van der Waals surface area contributed by atoms with Gasteiger partial charge in [0.25, 0.3) is 5.91 Å². The number of amides is 2. The minimum absolute atomic E-state index is 0.244. The number of halogens is 1. The highest BCUT2D eigenvalue weighted by atomic mass is 19.1. The summed E-state index contributed by atoms with van der Waals surface area (Å²) in [4.78, 5) is 25.7. The molecule has 1 N–H and O–H groups in total. The van der Waals surface area contributed by atoms with Crippen molar-refractivity contribution in [3.8, 4) is 0 Å². The highest BCUT2D eigenvalue weighted by Crippen LogP contribution is 2.26. The molecule has 0 bridgehead atoms. The van der Waals surface area contributed by atoms with E-state index in [2.05, 4.69) is 5.32 Å². The van der Waals surface area contributed by atoms with Gasteiger partial charge in [-0.25, -0.2) is 4.39 Å². The maximum absolute atomic E-state index is 13.5. The summed E-state index contributed by atoms with van der Waals surface area (Å²) in [5.41, 5.74) is 0.140. The molecule has 0 radical (unpaired) electrons. The van der Waals surface area contributed by atoms with E-state index < -0.39 is 17.4 Å². The molecule has 0 saturated carbocycles. The average molecular weight is 264 g/mol. The Labute approximate surface area is 111 Å². The summed E-state index contributed by atoms with van der Waals surface area (Å²) in [6, 6.07) is 3.71. The van der Waals surface area contributed by atoms with Gasteiger partial charge in [0.15, 0.2) is 0 Å². The van der Waals surface area contributed by atoms with E-state index in [9.17, 15) is 14.0 Å². The number of carbonyl (C=O) groups excluding carboxylic acids is 2. The van der Waals surface area contributed by atoms with Crippen LogP contribution in [0.5, 0.6) is 0 Å². The van der Waals surface area contributed by atoms with Gasteiger partial charge in [-0.3, -0.25) is 14.5 Å². The third kappa shape index (κ3) is 2.32. The summed E-state index contributed by atoms with van der Waals surface area (Å²) in [7, 11) is 0. The van der Waals surface area contributed by atoms with Crippen LogP contribution in [0.1, 0.15) is 26.3 Å². The zero-order valence-electron chi connectivity index (χ0n) is 11.5. The number of aryl methyl sites for hydroxylation is 1. The first kappa shape index (κ1) is 13.5. The summed E-state index contributed by atoms with van der Waals surface area (Å²) in [6.07, 6.45) is 0. The van der Waals surface area contributed by atoms with Gasteiger partial charge in [0.05, 0.1) is 0 Å². The molecule has 102 valence electrons. The Morgan fingerprint density at radius 1 is 1.26 bits per heavy atom. The van der Waals surface area contributed by atoms with Gasteiger partial charge < -0.3 is 5.32 Å². The van der Waals surface area contributed by atoms with E-state index in [4.69, 9.17) is 0 Å². The van der Waals surface area contributed by atoms with Gasteiger partial charge in [0, 0.05) is 5.69 Å². The first-order chi connectivity index (χ1) is 8.72. The van der Waals surface area contributed by atoms with Crippen molar-refractivity contribution in [3.05, 3.63) is 29.6 Å². The number of nitrogens with zero attached hydrogens (tertiary/aromatic N) is 1. The topological polar surface area (TPSA) is 49.4 Å². The molecule has 1 unspecified atom stereocenters. The predicted molar refractivity (Wildman–Crippen MR) is 70.3 cm³/mol. The number of anilines is 1. The Morgan fingerprint density at radius 2 is 1.89 bits per heavy atom. The Hall–Kier alpha value is -1.91. The van der Waals surface area contributed by atoms with Crippen molar-refractivity contribution in [3.63, 3.8) is 0 Å². The molecule has 1 fully saturated rings. The van der Waals surface area contributed by atoms with E-state index in [1.165, 1.54) is 17.0 Å². The van der Waals surface area contributed by atoms with Gasteiger partial charge in [-0.05, 0) is 51.5 Å². The van der Waals surface area contributed by atoms with E-state index in [1.54, 1.807) is 33.8 Å². The Kier molecular flexibility index (Phi) is 3.08. The standard InChI is InChI=1S/C14H17FN2O2/c1-8-5-10(15)7-11(6-8)17-9(2)12(18)16-14(3,4)13(17)19/h5-7,9H,1-4H3,(H,16,18). The average Bonchev–Trinajstić information content (AvgIpc) is 2.25. The summed E-state index contributed by atoms with van der Waals surface area (Å²) in [5, 5.41) is 2.66. The number of rotatable bonds is 1. The van der Waals surface area contributed by atoms with Crippen LogP contribution in [0.2, 0.25) is 0 Å². The van der Waals surface area contributed by atoms with Crippen LogP contribution in [0.3, 0.4) is 0 Å². The van der Waals surface area contributed by atoms with Gasteiger partial charge in [0.1, 0.15) is 17.4 Å². The molecule has 1 aliphatic heterocycles. The fourth-order valence-electron chi connectivity index (χ4n) is 2.26. The lowest BCUT2D eigenvalue weighted by atomic mass is 9.96. The van der Waals surface area contributed by atoms with Crippen molar-refractivity contribution in [1.29, 1.82) is 0 Å². The molecule has 1 aromatic carbocycles. The van der Waals surface area contributed by atoms with E-state index in [0.29, 0.717) is 11.3 Å². The lowest BCUT2D eigenvalue weighted by molar-refractivity contribution is -0.136. The zero-order valence-corrected chi connectivity index (χ0v) is 11.5. The fourth-order valence-corrected chi connectivity index (χ4v) is 2.26. The van der Waals surface area contributed by atoms with E-state index in [1.807, 2.05) is 0 Å². The predicted octanol–water partition coefficient (Wildman–Crippen LogP) is 1.76. The van der Waals surface area contributed by atoms with Crippen molar-refractivity contribution in [2.75, 3.05) is 4.90 Å². The molecule has 2 rings (SSSR count). The molecule has 1 aliphatic rings. The zero-order chi connectivity index (χ0) is 14.4. The Balaban J connectivity index is 2.51. The lowest BCUT2D eigenvalue weighted by Gasteiger charge is -2.41. The molecule has 4 nitrogen and oxygen atoms in total. The largest absolute Gasteiger partial charge is 0.340 e. The molecule has 5 heteroatoms. The quantitative estimate of drug-likeness (QED) is 0.840. The van der Waals surface area contributed by atoms with Crippen LogP contribution in [-0.2, 0) is 9.59 Å². The second-order valence-corrected chi connectivity index (χ2v) is 5.45. The van der Waals surface area contributed by atoms with Gasteiger partial charge in [-0.15, -0.1) is 0 Å². The van der Waals surface area contributed by atoms with Crippen LogP contribution in [0.15, 0.2) is 18.2 Å². The van der Waals surface area contributed by atoms with Crippen molar-refractivity contribution >= 4 is 17.5 Å². The SMILES string of the molecule is Cc1cc(F)cc(N2C(=O)C(C)(C)NC(=O)C2C)c1. The maximum atomic E-state index is 13.5. The molecule has 0 spiro atoms. The summed E-state index contributed by atoms with van der Waals surface area (Å²) in [5.74, 6) is -0.907. The molecule has 19 heavy (non-hydrogen) atoms. The molecule has 1 saturated heterocycles. The Bertz CT molecular complexity index is 534. The number of piperazine rings is 1. The summed E-state index contributed by atoms with van der Waals surface area (Å²) >= 11 is 0. The number of nitrogens with one attached hydrogen (secondary N) is 1. The van der Waals surface area contributed by atoms with Crippen LogP contribution >= 0.6 is 0 Å². The number of benzene rings is 1. The minimum Gasteiger partial charge on any atom is -0.340 e. The van der Waals surface area contributed by atoms with Crippen LogP contribution in [0, 0.1) is 12.7 Å². The van der Waals surface area contributed by atoms with Gasteiger partial charge in [0.2, 0.25) is 5.91 Å². The monoisotopic (exact) mass is 264 g/mol. The van der Waals surface area contributed by atoms with Crippen molar-refractivity contribution in [1.82, 2.24) is 5.32 Å². The first-order valence-electron chi connectivity index (χ1n) is 6.15. The van der Waals surface area contributed by atoms with Crippen LogP contribution in [0.4, 0.5) is 10.1 Å². The van der Waals surface area contributed by atoms with E-state index in [0.717, 1.165) is 0 Å². The Morgan fingerprint density at radius 3 is 2.47 bits per heavy atom. The van der Waals surface area contributed by atoms with Gasteiger partial charge >= 0.3 is 0 Å². The first-order valence-corrected chi connectivity index (χ1v) is 6.15. The second-order valence-electron chi connectivity index (χ2n) is 5.45. The van der Waals surface area contributed by atoms with Gasteiger partial charge in [-0.1, -0.05) is 0 Å². The lowest BCUT2D eigenvalue weighted by Crippen LogP contribution is -2.67. The van der Waals surface area contributed by atoms with Crippen molar-refractivity contribution < 1.29 is 14.0 Å². The molecule has 1 atom stereocenters. The number of carbonyl (C=O) groups is 2. The van der Waals surface area contributed by atoms with Crippen LogP contribution in [0.25, 0.3) is 0 Å². The second kappa shape index (κ2) is 4.33. The smallest absolute Gasteiger partial charge is 0.252 e. The van der Waals surface area contributed by atoms with Crippen molar-refractivity contribution in [2.24, 2.45) is 0 Å².